The molecule has 0 aliphatic carbocycles. The van der Waals surface area contributed by atoms with Gasteiger partial charge < -0.3 is 10.2 Å². The second-order valence-electron chi connectivity index (χ2n) is 5.28. The third-order valence-electron chi connectivity index (χ3n) is 3.66. The van der Waals surface area contributed by atoms with E-state index >= 15 is 0 Å². The van der Waals surface area contributed by atoms with E-state index in [4.69, 9.17) is 0 Å². The van der Waals surface area contributed by atoms with Crippen LogP contribution in [0.1, 0.15) is 24.8 Å². The van der Waals surface area contributed by atoms with Crippen LogP contribution in [0.2, 0.25) is 0 Å². The van der Waals surface area contributed by atoms with Crippen molar-refractivity contribution in [2.75, 3.05) is 20.1 Å². The number of benzene rings is 1. The molecule has 0 aromatic heterocycles. The highest BCUT2D eigenvalue weighted by atomic mass is 35.5. The molecule has 0 radical (unpaired) electrons. The summed E-state index contributed by atoms with van der Waals surface area (Å²) in [4.78, 5) is 13.8. The predicted molar refractivity (Wildman–Crippen MR) is 80.3 cm³/mol. The van der Waals surface area contributed by atoms with Crippen LogP contribution < -0.4 is 5.32 Å². The molecule has 0 unspecified atom stereocenters. The zero-order valence-corrected chi connectivity index (χ0v) is 12.6. The minimum atomic E-state index is -0.253. The third kappa shape index (κ3) is 5.10. The second kappa shape index (κ2) is 8.22. The lowest BCUT2D eigenvalue weighted by molar-refractivity contribution is -0.131. The maximum atomic E-state index is 13.1. The topological polar surface area (TPSA) is 32.3 Å². The Labute approximate surface area is 125 Å². The van der Waals surface area contributed by atoms with E-state index < -0.39 is 0 Å². The Balaban J connectivity index is 0.00000200. The average Bonchev–Trinajstić information content (AvgIpc) is 2.40. The van der Waals surface area contributed by atoms with E-state index in [0.29, 0.717) is 18.9 Å². The zero-order chi connectivity index (χ0) is 13.7. The standard InChI is InChI=1S/C15H21FN2O.ClH/c1-18(11-13-3-2-4-14(16)9-13)15(19)10-12-5-7-17-8-6-12;/h2-4,9,12,17H,5-8,10-11H2,1H3;1H. The Morgan fingerprint density at radius 3 is 2.75 bits per heavy atom. The van der Waals surface area contributed by atoms with Crippen molar-refractivity contribution in [3.8, 4) is 0 Å². The van der Waals surface area contributed by atoms with Gasteiger partial charge in [0, 0.05) is 20.0 Å². The van der Waals surface area contributed by atoms with Crippen LogP contribution in [-0.2, 0) is 11.3 Å². The van der Waals surface area contributed by atoms with Crippen LogP contribution in [0, 0.1) is 11.7 Å². The minimum Gasteiger partial charge on any atom is -0.341 e. The van der Waals surface area contributed by atoms with Crippen molar-refractivity contribution in [2.45, 2.75) is 25.8 Å². The van der Waals surface area contributed by atoms with Gasteiger partial charge in [0.1, 0.15) is 5.82 Å². The first-order valence-electron chi connectivity index (χ1n) is 6.84. The van der Waals surface area contributed by atoms with Gasteiger partial charge in [-0.1, -0.05) is 12.1 Å². The number of carbonyl (C=O) groups is 1. The zero-order valence-electron chi connectivity index (χ0n) is 11.8. The molecule has 0 spiro atoms. The summed E-state index contributed by atoms with van der Waals surface area (Å²) in [6.07, 6.45) is 2.74. The molecular formula is C15H22ClFN2O. The second-order valence-corrected chi connectivity index (χ2v) is 5.28. The van der Waals surface area contributed by atoms with Crippen molar-refractivity contribution in [2.24, 2.45) is 5.92 Å². The smallest absolute Gasteiger partial charge is 0.222 e. The van der Waals surface area contributed by atoms with Crippen LogP contribution in [0.3, 0.4) is 0 Å². The van der Waals surface area contributed by atoms with Crippen molar-refractivity contribution >= 4 is 18.3 Å². The summed E-state index contributed by atoms with van der Waals surface area (Å²) < 4.78 is 13.1. The highest BCUT2D eigenvalue weighted by Crippen LogP contribution is 2.17. The van der Waals surface area contributed by atoms with Crippen molar-refractivity contribution in [1.82, 2.24) is 10.2 Å². The normalized spacial score (nSPS) is 15.5. The van der Waals surface area contributed by atoms with Gasteiger partial charge in [0.05, 0.1) is 0 Å². The van der Waals surface area contributed by atoms with Crippen molar-refractivity contribution < 1.29 is 9.18 Å². The fourth-order valence-corrected chi connectivity index (χ4v) is 2.49. The lowest BCUT2D eigenvalue weighted by Crippen LogP contribution is -2.33. The fraction of sp³-hybridized carbons (Fsp3) is 0.533. The molecule has 1 amide bonds. The van der Waals surface area contributed by atoms with E-state index in [9.17, 15) is 9.18 Å². The third-order valence-corrected chi connectivity index (χ3v) is 3.66. The first-order chi connectivity index (χ1) is 9.15. The van der Waals surface area contributed by atoms with Gasteiger partial charge in [0.15, 0.2) is 0 Å². The first-order valence-corrected chi connectivity index (χ1v) is 6.84. The molecule has 112 valence electrons. The number of amides is 1. The van der Waals surface area contributed by atoms with Crippen LogP contribution in [0.4, 0.5) is 4.39 Å². The van der Waals surface area contributed by atoms with E-state index in [2.05, 4.69) is 5.32 Å². The van der Waals surface area contributed by atoms with E-state index in [0.717, 1.165) is 31.5 Å². The molecule has 1 aliphatic rings. The summed E-state index contributed by atoms with van der Waals surface area (Å²) in [5, 5.41) is 3.30. The van der Waals surface area contributed by atoms with Gasteiger partial charge in [-0.05, 0) is 49.5 Å². The van der Waals surface area contributed by atoms with Crippen molar-refractivity contribution in [3.63, 3.8) is 0 Å². The van der Waals surface area contributed by atoms with Gasteiger partial charge in [-0.15, -0.1) is 12.4 Å². The SMILES string of the molecule is CN(Cc1cccc(F)c1)C(=O)CC1CCNCC1.Cl. The molecule has 1 aromatic carbocycles. The maximum Gasteiger partial charge on any atom is 0.222 e. The quantitative estimate of drug-likeness (QED) is 0.927. The lowest BCUT2D eigenvalue weighted by atomic mass is 9.94. The summed E-state index contributed by atoms with van der Waals surface area (Å²) in [6, 6.07) is 6.42. The van der Waals surface area contributed by atoms with Gasteiger partial charge >= 0.3 is 0 Å². The Kier molecular flexibility index (Phi) is 6.96. The Bertz CT molecular complexity index is 436. The summed E-state index contributed by atoms with van der Waals surface area (Å²) in [7, 11) is 1.79. The highest BCUT2D eigenvalue weighted by Gasteiger charge is 2.19. The molecule has 1 heterocycles. The van der Waals surface area contributed by atoms with Crippen LogP contribution in [0.25, 0.3) is 0 Å². The lowest BCUT2D eigenvalue weighted by Gasteiger charge is -2.25. The van der Waals surface area contributed by atoms with E-state index in [1.807, 2.05) is 6.07 Å². The number of nitrogens with one attached hydrogen (secondary N) is 1. The predicted octanol–water partition coefficient (Wildman–Crippen LogP) is 2.60. The summed E-state index contributed by atoms with van der Waals surface area (Å²) >= 11 is 0. The van der Waals surface area contributed by atoms with Gasteiger partial charge in [-0.3, -0.25) is 4.79 Å². The number of hydrogen-bond acceptors (Lipinski definition) is 2. The molecule has 1 saturated heterocycles. The molecule has 1 aliphatic heterocycles. The Morgan fingerprint density at radius 2 is 2.10 bits per heavy atom. The number of halogens is 2. The van der Waals surface area contributed by atoms with Crippen LogP contribution in [0.15, 0.2) is 24.3 Å². The number of hydrogen-bond donors (Lipinski definition) is 1. The van der Waals surface area contributed by atoms with E-state index in [1.165, 1.54) is 12.1 Å². The fourth-order valence-electron chi connectivity index (χ4n) is 2.49. The molecule has 2 rings (SSSR count). The number of carbonyl (C=O) groups excluding carboxylic acids is 1. The van der Waals surface area contributed by atoms with Crippen molar-refractivity contribution in [3.05, 3.63) is 35.6 Å². The van der Waals surface area contributed by atoms with Gasteiger partial charge in [-0.25, -0.2) is 4.39 Å². The molecule has 3 nitrogen and oxygen atoms in total. The monoisotopic (exact) mass is 300 g/mol. The van der Waals surface area contributed by atoms with Crippen LogP contribution in [0.5, 0.6) is 0 Å². The van der Waals surface area contributed by atoms with E-state index in [1.54, 1.807) is 18.0 Å². The molecule has 5 heteroatoms. The molecule has 0 bridgehead atoms. The molecule has 1 fully saturated rings. The molecule has 20 heavy (non-hydrogen) atoms. The molecule has 0 saturated carbocycles. The van der Waals surface area contributed by atoms with Crippen LogP contribution >= 0.6 is 12.4 Å². The van der Waals surface area contributed by atoms with Crippen molar-refractivity contribution in [1.29, 1.82) is 0 Å². The molecule has 0 atom stereocenters. The summed E-state index contributed by atoms with van der Waals surface area (Å²) in [5.74, 6) is 0.386. The van der Waals surface area contributed by atoms with Gasteiger partial charge in [0.25, 0.3) is 0 Å². The molecular weight excluding hydrogens is 279 g/mol. The first kappa shape index (κ1) is 16.9. The van der Waals surface area contributed by atoms with Crippen LogP contribution in [-0.4, -0.2) is 30.9 Å². The summed E-state index contributed by atoms with van der Waals surface area (Å²) in [5.41, 5.74) is 0.834. The van der Waals surface area contributed by atoms with Gasteiger partial charge in [0.2, 0.25) is 5.91 Å². The maximum absolute atomic E-state index is 13.1. The van der Waals surface area contributed by atoms with E-state index in [-0.39, 0.29) is 24.1 Å². The molecule has 1 aromatic rings. The number of rotatable bonds is 4. The minimum absolute atomic E-state index is 0. The average molecular weight is 301 g/mol. The van der Waals surface area contributed by atoms with Gasteiger partial charge in [-0.2, -0.15) is 0 Å². The Hall–Kier alpha value is -1.13. The largest absolute Gasteiger partial charge is 0.341 e. The number of nitrogens with zero attached hydrogens (tertiary/aromatic N) is 1. The Morgan fingerprint density at radius 1 is 1.40 bits per heavy atom. The molecule has 1 N–H and O–H groups in total. The summed E-state index contributed by atoms with van der Waals surface area (Å²) in [6.45, 7) is 2.48. The number of piperidine rings is 1. The highest BCUT2D eigenvalue weighted by molar-refractivity contribution is 5.85.